The van der Waals surface area contributed by atoms with Gasteiger partial charge in [0.1, 0.15) is 0 Å². The molecule has 1 aliphatic rings. The Hall–Kier alpha value is -2.45. The van der Waals surface area contributed by atoms with E-state index in [0.717, 1.165) is 28.0 Å². The molecule has 5 rings (SSSR count). The van der Waals surface area contributed by atoms with Crippen molar-refractivity contribution in [2.75, 3.05) is 6.16 Å². The first-order valence-corrected chi connectivity index (χ1v) is 16.5. The molecule has 0 saturated heterocycles. The van der Waals surface area contributed by atoms with E-state index in [4.69, 9.17) is 21.6 Å². The summed E-state index contributed by atoms with van der Waals surface area (Å²) in [6.07, 6.45) is 1.43. The summed E-state index contributed by atoms with van der Waals surface area (Å²) in [6, 6.07) is 38.5. The molecular formula is C30H28BrClNOP. The van der Waals surface area contributed by atoms with Crippen LogP contribution >= 0.6 is 32.4 Å². The summed E-state index contributed by atoms with van der Waals surface area (Å²) in [7, 11) is 0. The third-order valence-electron chi connectivity index (χ3n) is 6.93. The summed E-state index contributed by atoms with van der Waals surface area (Å²) < 4.78 is 0. The summed E-state index contributed by atoms with van der Waals surface area (Å²) in [6.45, 7) is 4.16. The minimum absolute atomic E-state index is 0.558. The van der Waals surface area contributed by atoms with Gasteiger partial charge < -0.3 is 0 Å². The van der Waals surface area contributed by atoms with Crippen molar-refractivity contribution in [1.29, 1.82) is 0 Å². The van der Waals surface area contributed by atoms with Gasteiger partial charge in [0, 0.05) is 0 Å². The van der Waals surface area contributed by atoms with Crippen LogP contribution in [0.4, 0.5) is 0 Å². The Labute approximate surface area is 220 Å². The quantitative estimate of drug-likeness (QED) is 0.223. The molecule has 0 spiro atoms. The third kappa shape index (κ3) is 4.25. The summed E-state index contributed by atoms with van der Waals surface area (Å²) >= 11 is 10.9. The monoisotopic (exact) mass is 563 g/mol. The Morgan fingerprint density at radius 2 is 1.31 bits per heavy atom. The average Bonchev–Trinajstić information content (AvgIpc) is 3.26. The fourth-order valence-electron chi connectivity index (χ4n) is 5.18. The number of rotatable bonds is 6. The number of halogens is 2. The topological polar surface area (TPSA) is 21.6 Å². The second-order valence-corrected chi connectivity index (χ2v) is 18.9. The van der Waals surface area contributed by atoms with Crippen molar-refractivity contribution >= 4 is 54.0 Å². The van der Waals surface area contributed by atoms with Crippen molar-refractivity contribution in [3.8, 4) is 0 Å². The van der Waals surface area contributed by atoms with Crippen LogP contribution < -0.4 is 15.9 Å². The van der Waals surface area contributed by atoms with E-state index in [0.29, 0.717) is 6.42 Å². The predicted octanol–water partition coefficient (Wildman–Crippen LogP) is 7.48. The molecule has 0 radical (unpaired) electrons. The van der Waals surface area contributed by atoms with E-state index in [-0.39, 0.29) is 0 Å². The van der Waals surface area contributed by atoms with Gasteiger partial charge in [-0.25, -0.2) is 0 Å². The van der Waals surface area contributed by atoms with Gasteiger partial charge in [0.15, 0.2) is 0 Å². The van der Waals surface area contributed by atoms with Crippen LogP contribution in [0.1, 0.15) is 24.5 Å². The van der Waals surface area contributed by atoms with Gasteiger partial charge in [-0.3, -0.25) is 0 Å². The van der Waals surface area contributed by atoms with Crippen molar-refractivity contribution < 1.29 is 4.84 Å². The summed E-state index contributed by atoms with van der Waals surface area (Å²) in [5.74, 6) is 0. The molecule has 0 bridgehead atoms. The number of aryl methyl sites for hydroxylation is 1. The molecule has 35 heavy (non-hydrogen) atoms. The van der Waals surface area contributed by atoms with Crippen molar-refractivity contribution in [3.05, 3.63) is 125 Å². The molecule has 1 unspecified atom stereocenters. The standard InChI is InChI=1S/C30H28BrClNOP/c1-23-18-24(20-25(32)19-23)30(2)21-26(33-34-30)22-35(31,27-12-6-3-7-13-27,28-14-8-4-9-15-28)29-16-10-5-11-17-29/h3-20H,21-22H2,1-2H3. The van der Waals surface area contributed by atoms with E-state index in [1.165, 1.54) is 15.9 Å². The Morgan fingerprint density at radius 3 is 1.77 bits per heavy atom. The number of benzene rings is 4. The van der Waals surface area contributed by atoms with Gasteiger partial charge >= 0.3 is 221 Å². The predicted molar refractivity (Wildman–Crippen MR) is 156 cm³/mol. The van der Waals surface area contributed by atoms with Crippen LogP contribution in [0, 0.1) is 6.92 Å². The van der Waals surface area contributed by atoms with Gasteiger partial charge in [0.25, 0.3) is 0 Å². The zero-order valence-corrected chi connectivity index (χ0v) is 23.1. The van der Waals surface area contributed by atoms with Gasteiger partial charge in [0.2, 0.25) is 0 Å². The molecule has 2 nitrogen and oxygen atoms in total. The molecule has 0 fully saturated rings. The SMILES string of the molecule is Cc1cc(Cl)cc(C2(C)CC(CP(Br)(c3ccccc3)(c3ccccc3)c3ccccc3)=NO2)c1. The molecule has 5 heteroatoms. The first-order valence-electron chi connectivity index (χ1n) is 11.7. The number of hydrogen-bond donors (Lipinski definition) is 0. The molecule has 0 aliphatic carbocycles. The van der Waals surface area contributed by atoms with Crippen LogP contribution in [0.25, 0.3) is 0 Å². The van der Waals surface area contributed by atoms with E-state index in [9.17, 15) is 0 Å². The van der Waals surface area contributed by atoms with Crippen LogP contribution in [0.5, 0.6) is 0 Å². The average molecular weight is 565 g/mol. The Morgan fingerprint density at radius 1 is 0.829 bits per heavy atom. The molecule has 0 N–H and O–H groups in total. The van der Waals surface area contributed by atoms with E-state index < -0.39 is 10.9 Å². The number of nitrogens with zero attached hydrogens (tertiary/aromatic N) is 1. The van der Waals surface area contributed by atoms with Crippen molar-refractivity contribution in [2.45, 2.75) is 25.9 Å². The van der Waals surface area contributed by atoms with Gasteiger partial charge in [-0.15, -0.1) is 0 Å². The normalized spacial score (nSPS) is 18.9. The molecule has 0 saturated carbocycles. The van der Waals surface area contributed by atoms with Crippen LogP contribution in [-0.4, -0.2) is 11.9 Å². The molecule has 4 aromatic rings. The van der Waals surface area contributed by atoms with Crippen LogP contribution in [0.15, 0.2) is 114 Å². The molecule has 0 amide bonds. The fourth-order valence-corrected chi connectivity index (χ4v) is 13.1. The Kier molecular flexibility index (Phi) is 6.38. The number of oxime groups is 1. The first-order chi connectivity index (χ1) is 16.8. The maximum absolute atomic E-state index is 6.40. The summed E-state index contributed by atoms with van der Waals surface area (Å²) in [4.78, 5) is 6.18. The Bertz CT molecular complexity index is 1260. The van der Waals surface area contributed by atoms with Crippen LogP contribution in [0.3, 0.4) is 0 Å². The van der Waals surface area contributed by atoms with Crippen LogP contribution in [0.2, 0.25) is 5.02 Å². The second kappa shape index (κ2) is 9.21. The Balaban J connectivity index is 1.66. The zero-order valence-electron chi connectivity index (χ0n) is 19.9. The molecule has 178 valence electrons. The van der Waals surface area contributed by atoms with Gasteiger partial charge in [-0.2, -0.15) is 0 Å². The van der Waals surface area contributed by atoms with E-state index in [1.54, 1.807) is 0 Å². The van der Waals surface area contributed by atoms with Gasteiger partial charge in [-0.05, 0) is 0 Å². The van der Waals surface area contributed by atoms with E-state index >= 15 is 0 Å². The van der Waals surface area contributed by atoms with Crippen molar-refractivity contribution in [2.24, 2.45) is 5.16 Å². The molecule has 0 aromatic heterocycles. The molecule has 1 atom stereocenters. The van der Waals surface area contributed by atoms with Gasteiger partial charge in [0.05, 0.1) is 0 Å². The second-order valence-electron chi connectivity index (χ2n) is 9.52. The van der Waals surface area contributed by atoms with E-state index in [1.807, 2.05) is 12.1 Å². The molecule has 4 aromatic carbocycles. The molecule has 1 heterocycles. The first kappa shape index (κ1) is 24.3. The molecular weight excluding hydrogens is 537 g/mol. The summed E-state index contributed by atoms with van der Waals surface area (Å²) in [5, 5.41) is 6.11. The fraction of sp³-hybridized carbons (Fsp3) is 0.167. The minimum atomic E-state index is -3.12. The molecule has 1 aliphatic heterocycles. The third-order valence-corrected chi connectivity index (χ3v) is 16.7. The maximum atomic E-state index is 6.40. The van der Waals surface area contributed by atoms with Crippen molar-refractivity contribution in [3.63, 3.8) is 0 Å². The van der Waals surface area contributed by atoms with Crippen LogP contribution in [-0.2, 0) is 10.4 Å². The van der Waals surface area contributed by atoms with Crippen molar-refractivity contribution in [1.82, 2.24) is 0 Å². The van der Waals surface area contributed by atoms with Gasteiger partial charge in [-0.1, -0.05) is 0 Å². The van der Waals surface area contributed by atoms with E-state index in [2.05, 4.69) is 126 Å². The number of hydrogen-bond acceptors (Lipinski definition) is 2. The summed E-state index contributed by atoms with van der Waals surface area (Å²) in [5.41, 5.74) is 2.65. The zero-order chi connectivity index (χ0) is 24.5.